The van der Waals surface area contributed by atoms with Gasteiger partial charge in [-0.05, 0) is 27.7 Å². The van der Waals surface area contributed by atoms with Crippen molar-refractivity contribution in [3.63, 3.8) is 0 Å². The summed E-state index contributed by atoms with van der Waals surface area (Å²) in [4.78, 5) is 30.0. The lowest BCUT2D eigenvalue weighted by atomic mass is 9.79. The molecule has 0 aromatic carbocycles. The van der Waals surface area contributed by atoms with Gasteiger partial charge in [-0.15, -0.1) is 0 Å². The van der Waals surface area contributed by atoms with Gasteiger partial charge in [0.1, 0.15) is 18.1 Å². The van der Waals surface area contributed by atoms with Crippen LogP contribution >= 0.6 is 0 Å². The minimum Gasteiger partial charge on any atom is -0.444 e. The zero-order valence-corrected chi connectivity index (χ0v) is 12.7. The van der Waals surface area contributed by atoms with Crippen molar-refractivity contribution >= 4 is 17.7 Å². The van der Waals surface area contributed by atoms with Crippen molar-refractivity contribution in [1.29, 1.82) is 0 Å². The van der Waals surface area contributed by atoms with E-state index in [-0.39, 0.29) is 6.54 Å². The van der Waals surface area contributed by atoms with E-state index in [0.717, 1.165) is 0 Å². The normalized spacial score (nSPS) is 25.4. The molecule has 1 unspecified atom stereocenters. The smallest absolute Gasteiger partial charge is 0.410 e. The van der Waals surface area contributed by atoms with Crippen LogP contribution in [-0.4, -0.2) is 48.4 Å². The van der Waals surface area contributed by atoms with Crippen LogP contribution in [0.3, 0.4) is 0 Å². The summed E-state index contributed by atoms with van der Waals surface area (Å²) in [7, 11) is 1.41. The van der Waals surface area contributed by atoms with Gasteiger partial charge in [0.25, 0.3) is 0 Å². The molecule has 0 aromatic heterocycles. The minimum atomic E-state index is -1.04. The lowest BCUT2D eigenvalue weighted by Crippen LogP contribution is -2.56. The van der Waals surface area contributed by atoms with E-state index in [0.29, 0.717) is 18.7 Å². The highest BCUT2D eigenvalue weighted by molar-refractivity contribution is 6.08. The topological polar surface area (TPSA) is 94.2 Å². The molecule has 20 heavy (non-hydrogen) atoms. The number of hydrogen-bond acceptors (Lipinski definition) is 5. The zero-order valence-electron chi connectivity index (χ0n) is 12.7. The number of hydrogen-bond donors (Lipinski definition) is 1. The molecular formula is C13H23N3O4. The van der Waals surface area contributed by atoms with Gasteiger partial charge in [0, 0.05) is 19.5 Å². The van der Waals surface area contributed by atoms with Gasteiger partial charge in [0.05, 0.1) is 5.71 Å². The van der Waals surface area contributed by atoms with E-state index >= 15 is 0 Å². The molecule has 0 aliphatic carbocycles. The molecule has 1 atom stereocenters. The number of ether oxygens (including phenoxy) is 1. The molecular weight excluding hydrogens is 262 g/mol. The number of piperidine rings is 1. The van der Waals surface area contributed by atoms with Gasteiger partial charge in [-0.1, -0.05) is 5.16 Å². The maximum absolute atomic E-state index is 12.1. The summed E-state index contributed by atoms with van der Waals surface area (Å²) in [6.07, 6.45) is -0.0339. The summed E-state index contributed by atoms with van der Waals surface area (Å²) < 4.78 is 5.31. The highest BCUT2D eigenvalue weighted by atomic mass is 16.6. The largest absolute Gasteiger partial charge is 0.444 e. The molecule has 1 saturated heterocycles. The van der Waals surface area contributed by atoms with Crippen LogP contribution < -0.4 is 5.73 Å². The third-order valence-corrected chi connectivity index (χ3v) is 3.16. The number of likely N-dealkylation sites (tertiary alicyclic amines) is 1. The van der Waals surface area contributed by atoms with Crippen LogP contribution in [0.15, 0.2) is 5.16 Å². The monoisotopic (exact) mass is 285 g/mol. The van der Waals surface area contributed by atoms with Crippen LogP contribution in [-0.2, 0) is 14.4 Å². The van der Waals surface area contributed by atoms with Crippen LogP contribution in [0.25, 0.3) is 0 Å². The molecule has 0 aromatic rings. The number of carbonyl (C=O) groups excluding carboxylic acids is 2. The first kappa shape index (κ1) is 16.3. The second kappa shape index (κ2) is 5.68. The van der Waals surface area contributed by atoms with Crippen molar-refractivity contribution in [3.8, 4) is 0 Å². The van der Waals surface area contributed by atoms with Crippen LogP contribution in [0.2, 0.25) is 0 Å². The van der Waals surface area contributed by atoms with E-state index in [1.165, 1.54) is 12.0 Å². The number of amides is 2. The highest BCUT2D eigenvalue weighted by Crippen LogP contribution is 2.28. The molecule has 0 spiro atoms. The third kappa shape index (κ3) is 3.61. The minimum absolute atomic E-state index is 0.138. The Morgan fingerprint density at radius 1 is 1.40 bits per heavy atom. The van der Waals surface area contributed by atoms with Gasteiger partial charge in [-0.2, -0.15) is 0 Å². The first-order valence-corrected chi connectivity index (χ1v) is 6.48. The Morgan fingerprint density at radius 3 is 2.45 bits per heavy atom. The Labute approximate surface area is 119 Å². The number of primary amides is 1. The third-order valence-electron chi connectivity index (χ3n) is 3.16. The van der Waals surface area contributed by atoms with E-state index < -0.39 is 23.0 Å². The van der Waals surface area contributed by atoms with Crippen molar-refractivity contribution in [2.45, 2.75) is 39.7 Å². The predicted octanol–water partition coefficient (Wildman–Crippen LogP) is 1.12. The van der Waals surface area contributed by atoms with Crippen molar-refractivity contribution < 1.29 is 19.2 Å². The number of rotatable bonds is 2. The predicted molar refractivity (Wildman–Crippen MR) is 74.2 cm³/mol. The number of nitrogens with two attached hydrogens (primary N) is 1. The van der Waals surface area contributed by atoms with Crippen LogP contribution in [0.1, 0.15) is 34.1 Å². The standard InChI is InChI=1S/C13H23N3O4/c1-12(2,3)20-11(18)16-7-6-9(15-19-5)13(4,8-16)10(14)17/h6-8H2,1-5H3,(H2,14,17). The van der Waals surface area contributed by atoms with Crippen LogP contribution in [0.4, 0.5) is 4.79 Å². The summed E-state index contributed by atoms with van der Waals surface area (Å²) in [5, 5.41) is 3.86. The molecule has 114 valence electrons. The van der Waals surface area contributed by atoms with Gasteiger partial charge in [-0.3, -0.25) is 4.79 Å². The Bertz CT molecular complexity index is 428. The molecule has 1 fully saturated rings. The molecule has 7 nitrogen and oxygen atoms in total. The van der Waals surface area contributed by atoms with Gasteiger partial charge in [0.15, 0.2) is 0 Å². The number of carbonyl (C=O) groups is 2. The van der Waals surface area contributed by atoms with Crippen molar-refractivity contribution in [2.24, 2.45) is 16.3 Å². The van der Waals surface area contributed by atoms with Crippen LogP contribution in [0, 0.1) is 5.41 Å². The molecule has 2 amide bonds. The summed E-state index contributed by atoms with van der Waals surface area (Å²) in [6.45, 7) is 7.59. The SMILES string of the molecule is CON=C1CCN(C(=O)OC(C)(C)C)CC1(C)C(N)=O. The summed E-state index contributed by atoms with van der Waals surface area (Å²) in [5.41, 5.74) is 4.39. The first-order chi connectivity index (χ1) is 9.10. The molecule has 2 N–H and O–H groups in total. The lowest BCUT2D eigenvalue weighted by Gasteiger charge is -2.39. The Kier molecular flexibility index (Phi) is 4.62. The fraction of sp³-hybridized carbons (Fsp3) is 0.769. The molecule has 0 saturated carbocycles. The van der Waals surface area contributed by atoms with Gasteiger partial charge in [-0.25, -0.2) is 4.79 Å². The number of nitrogens with zero attached hydrogens (tertiary/aromatic N) is 2. The second-order valence-corrected chi connectivity index (χ2v) is 6.07. The maximum atomic E-state index is 12.1. The molecule has 1 aliphatic rings. The molecule has 0 radical (unpaired) electrons. The van der Waals surface area contributed by atoms with E-state index in [4.69, 9.17) is 15.3 Å². The quantitative estimate of drug-likeness (QED) is 0.769. The van der Waals surface area contributed by atoms with E-state index in [1.54, 1.807) is 27.7 Å². The Hall–Kier alpha value is -1.79. The average molecular weight is 285 g/mol. The highest BCUT2D eigenvalue weighted by Gasteiger charge is 2.44. The lowest BCUT2D eigenvalue weighted by molar-refractivity contribution is -0.124. The van der Waals surface area contributed by atoms with Crippen molar-refractivity contribution in [3.05, 3.63) is 0 Å². The molecule has 1 heterocycles. The molecule has 0 bridgehead atoms. The van der Waals surface area contributed by atoms with Crippen molar-refractivity contribution in [2.75, 3.05) is 20.2 Å². The molecule has 1 aliphatic heterocycles. The zero-order chi connectivity index (χ0) is 15.6. The fourth-order valence-electron chi connectivity index (χ4n) is 2.03. The average Bonchev–Trinajstić information content (AvgIpc) is 2.29. The van der Waals surface area contributed by atoms with Crippen LogP contribution in [0.5, 0.6) is 0 Å². The van der Waals surface area contributed by atoms with E-state index in [2.05, 4.69) is 5.16 Å². The Balaban J connectivity index is 2.91. The first-order valence-electron chi connectivity index (χ1n) is 6.48. The summed E-state index contributed by atoms with van der Waals surface area (Å²) in [6, 6.07) is 0. The van der Waals surface area contributed by atoms with Gasteiger partial charge < -0.3 is 20.2 Å². The molecule has 7 heteroatoms. The summed E-state index contributed by atoms with van der Waals surface area (Å²) in [5.74, 6) is -0.540. The summed E-state index contributed by atoms with van der Waals surface area (Å²) >= 11 is 0. The van der Waals surface area contributed by atoms with Gasteiger partial charge >= 0.3 is 6.09 Å². The Morgan fingerprint density at radius 2 is 2.00 bits per heavy atom. The van der Waals surface area contributed by atoms with E-state index in [1.807, 2.05) is 0 Å². The van der Waals surface area contributed by atoms with Crippen molar-refractivity contribution in [1.82, 2.24) is 4.90 Å². The molecule has 1 rings (SSSR count). The van der Waals surface area contributed by atoms with Gasteiger partial charge in [0.2, 0.25) is 5.91 Å². The second-order valence-electron chi connectivity index (χ2n) is 6.07. The number of oxime groups is 1. The maximum Gasteiger partial charge on any atom is 0.410 e. The van der Waals surface area contributed by atoms with E-state index in [9.17, 15) is 9.59 Å². The fourth-order valence-corrected chi connectivity index (χ4v) is 2.03.